The highest BCUT2D eigenvalue weighted by Gasteiger charge is 2.26. The maximum Gasteiger partial charge on any atom is 0.345 e. The summed E-state index contributed by atoms with van der Waals surface area (Å²) >= 11 is 5.82. The summed E-state index contributed by atoms with van der Waals surface area (Å²) < 4.78 is 5.13. The number of nitrogens with zero attached hydrogens (tertiary/aromatic N) is 1. The number of amides is 1. The average Bonchev–Trinajstić information content (AvgIpc) is 2.67. The van der Waals surface area contributed by atoms with Crippen LogP contribution < -0.4 is 5.32 Å². The third kappa shape index (κ3) is 5.07. The smallest absolute Gasteiger partial charge is 0.345 e. The molecule has 0 heterocycles. The van der Waals surface area contributed by atoms with Crippen LogP contribution in [0.15, 0.2) is 42.5 Å². The van der Waals surface area contributed by atoms with Crippen molar-refractivity contribution >= 4 is 34.9 Å². The second-order valence-corrected chi connectivity index (χ2v) is 6.79. The fraction of sp³-hybridized carbons (Fsp3) is 0.300. The maximum absolute atomic E-state index is 12.5. The number of ether oxygens (including phenoxy) is 1. The Labute approximate surface area is 167 Å². The van der Waals surface area contributed by atoms with E-state index in [1.165, 1.54) is 13.0 Å². The minimum absolute atomic E-state index is 0.150. The van der Waals surface area contributed by atoms with Crippen molar-refractivity contribution in [1.29, 1.82) is 0 Å². The van der Waals surface area contributed by atoms with Crippen LogP contribution in [0.4, 0.5) is 11.4 Å². The maximum atomic E-state index is 12.5. The van der Waals surface area contributed by atoms with Gasteiger partial charge < -0.3 is 10.1 Å². The number of benzene rings is 2. The first kappa shape index (κ1) is 21.4. The van der Waals surface area contributed by atoms with Crippen LogP contribution in [0.1, 0.15) is 49.0 Å². The predicted octanol–water partition coefficient (Wildman–Crippen LogP) is 4.95. The van der Waals surface area contributed by atoms with E-state index in [-0.39, 0.29) is 16.5 Å². The number of nitrogens with one attached hydrogen (secondary N) is 1. The Hall–Kier alpha value is -2.93. The monoisotopic (exact) mass is 404 g/mol. The molecule has 7 nitrogen and oxygen atoms in total. The molecule has 0 unspecified atom stereocenters. The van der Waals surface area contributed by atoms with Gasteiger partial charge in [-0.1, -0.05) is 43.6 Å². The van der Waals surface area contributed by atoms with Crippen molar-refractivity contribution < 1.29 is 19.2 Å². The van der Waals surface area contributed by atoms with Gasteiger partial charge in [0.1, 0.15) is 5.56 Å². The molecule has 0 aliphatic rings. The normalized spacial score (nSPS) is 12.7. The molecule has 28 heavy (non-hydrogen) atoms. The third-order valence-corrected chi connectivity index (χ3v) is 4.63. The molecule has 2 atom stereocenters. The molecule has 148 valence electrons. The van der Waals surface area contributed by atoms with E-state index < -0.39 is 28.6 Å². The number of hydrogen-bond donors (Lipinski definition) is 1. The topological polar surface area (TPSA) is 98.5 Å². The molecule has 0 aliphatic heterocycles. The molecule has 0 aliphatic carbocycles. The number of nitro benzene ring substituents is 1. The number of para-hydroxylation sites is 1. The highest BCUT2D eigenvalue weighted by Crippen LogP contribution is 2.27. The molecule has 0 fully saturated rings. The first-order valence-electron chi connectivity index (χ1n) is 8.79. The van der Waals surface area contributed by atoms with Crippen LogP contribution >= 0.6 is 11.6 Å². The van der Waals surface area contributed by atoms with Crippen LogP contribution in [0.3, 0.4) is 0 Å². The van der Waals surface area contributed by atoms with Gasteiger partial charge in [0.05, 0.1) is 4.92 Å². The Morgan fingerprint density at radius 2 is 1.89 bits per heavy atom. The van der Waals surface area contributed by atoms with Crippen molar-refractivity contribution in [2.75, 3.05) is 5.32 Å². The number of halogens is 1. The van der Waals surface area contributed by atoms with Crippen molar-refractivity contribution in [3.8, 4) is 0 Å². The largest absolute Gasteiger partial charge is 0.449 e. The lowest BCUT2D eigenvalue weighted by molar-refractivity contribution is -0.385. The summed E-state index contributed by atoms with van der Waals surface area (Å²) in [5.74, 6) is -1.29. The van der Waals surface area contributed by atoms with E-state index >= 15 is 0 Å². The molecule has 2 rings (SSSR count). The predicted molar refractivity (Wildman–Crippen MR) is 107 cm³/mol. The summed E-state index contributed by atoms with van der Waals surface area (Å²) in [6.07, 6.45) is -0.258. The van der Waals surface area contributed by atoms with E-state index in [0.717, 1.165) is 24.1 Å². The van der Waals surface area contributed by atoms with Gasteiger partial charge in [0.2, 0.25) is 0 Å². The number of carbonyl (C=O) groups excluding carboxylic acids is 2. The van der Waals surface area contributed by atoms with Crippen molar-refractivity contribution in [2.24, 2.45) is 0 Å². The van der Waals surface area contributed by atoms with Crippen LogP contribution in [0.2, 0.25) is 5.02 Å². The Morgan fingerprint density at radius 1 is 1.21 bits per heavy atom. The highest BCUT2D eigenvalue weighted by molar-refractivity contribution is 6.31. The molecule has 1 amide bonds. The summed E-state index contributed by atoms with van der Waals surface area (Å²) in [7, 11) is 0. The third-order valence-electron chi connectivity index (χ3n) is 4.39. The summed E-state index contributed by atoms with van der Waals surface area (Å²) in [4.78, 5) is 35.2. The van der Waals surface area contributed by atoms with Gasteiger partial charge in [-0.2, -0.15) is 0 Å². The number of nitro groups is 1. The van der Waals surface area contributed by atoms with Gasteiger partial charge in [-0.05, 0) is 43.0 Å². The lowest BCUT2D eigenvalue weighted by Crippen LogP contribution is -2.30. The molecule has 0 radical (unpaired) electrons. The van der Waals surface area contributed by atoms with E-state index in [1.807, 2.05) is 26.0 Å². The quantitative estimate of drug-likeness (QED) is 0.400. The average molecular weight is 405 g/mol. The minimum Gasteiger partial charge on any atom is -0.449 e. The van der Waals surface area contributed by atoms with Gasteiger partial charge >= 0.3 is 5.97 Å². The van der Waals surface area contributed by atoms with Crippen molar-refractivity contribution in [3.05, 3.63) is 68.7 Å². The Kier molecular flexibility index (Phi) is 7.12. The van der Waals surface area contributed by atoms with E-state index in [9.17, 15) is 19.7 Å². The molecule has 0 saturated heterocycles. The first-order valence-corrected chi connectivity index (χ1v) is 9.17. The number of rotatable bonds is 7. The second kappa shape index (κ2) is 9.32. The Balaban J connectivity index is 2.15. The van der Waals surface area contributed by atoms with E-state index in [4.69, 9.17) is 16.3 Å². The van der Waals surface area contributed by atoms with Crippen LogP contribution in [0.5, 0.6) is 0 Å². The van der Waals surface area contributed by atoms with Gasteiger partial charge in [-0.25, -0.2) is 4.79 Å². The highest BCUT2D eigenvalue weighted by atomic mass is 35.5. The fourth-order valence-electron chi connectivity index (χ4n) is 2.60. The van der Waals surface area contributed by atoms with Gasteiger partial charge in [0.15, 0.2) is 6.10 Å². The summed E-state index contributed by atoms with van der Waals surface area (Å²) in [5, 5.41) is 14.0. The van der Waals surface area contributed by atoms with Crippen LogP contribution in [0, 0.1) is 10.1 Å². The first-order chi connectivity index (χ1) is 13.2. The molecule has 0 bridgehead atoms. The lowest BCUT2D eigenvalue weighted by Gasteiger charge is -2.18. The molecule has 0 spiro atoms. The summed E-state index contributed by atoms with van der Waals surface area (Å²) in [6, 6.07) is 11.0. The minimum atomic E-state index is -1.16. The van der Waals surface area contributed by atoms with Crippen LogP contribution in [-0.2, 0) is 9.53 Å². The molecule has 2 aromatic rings. The standard InChI is InChI=1S/C20H21ClN2O5/c1-4-12(2)15-7-5-6-8-17(15)22-19(24)13(3)28-20(25)16-11-14(21)9-10-18(16)23(26)27/h5-13H,4H2,1-3H3,(H,22,24)/t12-,13-/m1/s1. The van der Waals surface area contributed by atoms with E-state index in [0.29, 0.717) is 5.69 Å². The Morgan fingerprint density at radius 3 is 2.54 bits per heavy atom. The zero-order valence-corrected chi connectivity index (χ0v) is 16.5. The number of hydrogen-bond acceptors (Lipinski definition) is 5. The van der Waals surface area contributed by atoms with E-state index in [2.05, 4.69) is 5.32 Å². The summed E-state index contributed by atoms with van der Waals surface area (Å²) in [6.45, 7) is 5.49. The van der Waals surface area contributed by atoms with Crippen molar-refractivity contribution in [2.45, 2.75) is 39.2 Å². The van der Waals surface area contributed by atoms with Crippen LogP contribution in [-0.4, -0.2) is 22.9 Å². The molecule has 2 aromatic carbocycles. The summed E-state index contributed by atoms with van der Waals surface area (Å²) in [5.41, 5.74) is 0.863. The molecule has 0 aromatic heterocycles. The molecule has 1 N–H and O–H groups in total. The Bertz CT molecular complexity index is 900. The molecular weight excluding hydrogens is 384 g/mol. The van der Waals surface area contributed by atoms with Crippen molar-refractivity contribution in [1.82, 2.24) is 0 Å². The molecule has 0 saturated carbocycles. The van der Waals surface area contributed by atoms with Gasteiger partial charge in [-0.15, -0.1) is 0 Å². The molecular formula is C20H21ClN2O5. The van der Waals surface area contributed by atoms with Crippen LogP contribution in [0.25, 0.3) is 0 Å². The van der Waals surface area contributed by atoms with E-state index in [1.54, 1.807) is 12.1 Å². The van der Waals surface area contributed by atoms with Gasteiger partial charge in [-0.3, -0.25) is 14.9 Å². The van der Waals surface area contributed by atoms with Gasteiger partial charge in [0, 0.05) is 16.8 Å². The number of anilines is 1. The molecule has 8 heteroatoms. The number of carbonyl (C=O) groups is 2. The zero-order chi connectivity index (χ0) is 20.8. The zero-order valence-electron chi connectivity index (χ0n) is 15.8. The van der Waals surface area contributed by atoms with Gasteiger partial charge in [0.25, 0.3) is 11.6 Å². The fourth-order valence-corrected chi connectivity index (χ4v) is 2.78. The number of esters is 1. The SMILES string of the molecule is CC[C@@H](C)c1ccccc1NC(=O)[C@@H](C)OC(=O)c1cc(Cl)ccc1[N+](=O)[O-]. The second-order valence-electron chi connectivity index (χ2n) is 6.35. The van der Waals surface area contributed by atoms with Crippen molar-refractivity contribution in [3.63, 3.8) is 0 Å². The lowest BCUT2D eigenvalue weighted by atomic mass is 9.97.